The van der Waals surface area contributed by atoms with Crippen LogP contribution in [-0.2, 0) is 42.1 Å². The standard InChI is InChI=1S/C37H32N4O.C37H30N4O.2Pt/c2*1-23-18-19-38-35(20-23)40-33-15-7-6-14-31(33)32-17-16-30(22-34(32)40)42-29-13-9-12-28(21-29)41-27(5)37(26(4)39-41)36-24(2)10-8-11-25(36)3;;/h6-22H,1-5H3;6-20H,1-5H3;;/q;-2;;+2. The molecule has 0 fully saturated rings. The fourth-order valence-corrected chi connectivity index (χ4v) is 12.2. The summed E-state index contributed by atoms with van der Waals surface area (Å²) in [6.45, 7) is 21.2. The van der Waals surface area contributed by atoms with Gasteiger partial charge in [0, 0.05) is 95.9 Å². The van der Waals surface area contributed by atoms with Gasteiger partial charge in [0.05, 0.1) is 28.1 Å². The maximum absolute atomic E-state index is 6.48. The molecule has 12 heteroatoms. The van der Waals surface area contributed by atoms with Crippen molar-refractivity contribution in [3.63, 3.8) is 0 Å². The van der Waals surface area contributed by atoms with E-state index in [0.29, 0.717) is 11.5 Å². The molecule has 0 saturated heterocycles. The molecule has 6 aromatic heterocycles. The van der Waals surface area contributed by atoms with E-state index < -0.39 is 0 Å². The summed E-state index contributed by atoms with van der Waals surface area (Å²) < 4.78 is 21.2. The van der Waals surface area contributed by atoms with Gasteiger partial charge in [0.2, 0.25) is 0 Å². The Bertz CT molecular complexity index is 4540. The van der Waals surface area contributed by atoms with Crippen LogP contribution in [0.2, 0.25) is 0 Å². The first-order chi connectivity index (χ1) is 40.8. The molecule has 8 aromatic carbocycles. The Balaban J connectivity index is 0.000000175. The monoisotopic (exact) mass is 1480 g/mol. The normalized spacial score (nSPS) is 11.2. The van der Waals surface area contributed by atoms with E-state index in [-0.39, 0.29) is 42.1 Å². The first-order valence-electron chi connectivity index (χ1n) is 28.4. The third-order valence-electron chi connectivity index (χ3n) is 16.0. The fraction of sp³-hybridized carbons (Fsp3) is 0.135. The van der Waals surface area contributed by atoms with Crippen molar-refractivity contribution in [2.45, 2.75) is 69.2 Å². The van der Waals surface area contributed by atoms with Crippen molar-refractivity contribution >= 4 is 43.6 Å². The molecule has 6 heterocycles. The average molecular weight is 1490 g/mol. The summed E-state index contributed by atoms with van der Waals surface area (Å²) in [5.74, 6) is 4.47. The molecule has 0 bridgehead atoms. The van der Waals surface area contributed by atoms with Crippen LogP contribution in [0.3, 0.4) is 0 Å². The van der Waals surface area contributed by atoms with Crippen molar-refractivity contribution < 1.29 is 51.6 Å². The van der Waals surface area contributed by atoms with Gasteiger partial charge in [-0.3, -0.25) is 9.25 Å². The molecule has 0 unspecified atom stereocenters. The minimum atomic E-state index is 0. The van der Waals surface area contributed by atoms with E-state index in [4.69, 9.17) is 24.7 Å². The first-order valence-corrected chi connectivity index (χ1v) is 28.4. The molecule has 430 valence electrons. The molecule has 0 amide bonds. The number of hydrogen-bond acceptors (Lipinski definition) is 6. The van der Waals surface area contributed by atoms with Crippen LogP contribution >= 0.6 is 0 Å². The van der Waals surface area contributed by atoms with Crippen LogP contribution in [0.5, 0.6) is 23.0 Å². The quantitative estimate of drug-likeness (QED) is 0.127. The van der Waals surface area contributed by atoms with Crippen LogP contribution in [-0.4, -0.2) is 38.7 Å². The molecular formula is C74H62N8O2Pt2. The third-order valence-corrected chi connectivity index (χ3v) is 16.0. The van der Waals surface area contributed by atoms with E-state index in [9.17, 15) is 0 Å². The molecule has 0 N–H and O–H groups in total. The third kappa shape index (κ3) is 10.8. The Kier molecular flexibility index (Phi) is 16.6. The minimum absolute atomic E-state index is 0. The van der Waals surface area contributed by atoms with Crippen molar-refractivity contribution in [3.05, 3.63) is 263 Å². The van der Waals surface area contributed by atoms with Gasteiger partial charge in [-0.25, -0.2) is 14.6 Å². The zero-order chi connectivity index (χ0) is 57.9. The number of aromatic nitrogens is 8. The number of para-hydroxylation sites is 2. The summed E-state index contributed by atoms with van der Waals surface area (Å²) in [5.41, 5.74) is 22.3. The van der Waals surface area contributed by atoms with Crippen LogP contribution in [0.15, 0.2) is 194 Å². The molecular weight excluding hydrogens is 1420 g/mol. The van der Waals surface area contributed by atoms with Gasteiger partial charge in [-0.1, -0.05) is 84.4 Å². The number of benzene rings is 8. The Morgan fingerprint density at radius 1 is 0.384 bits per heavy atom. The van der Waals surface area contributed by atoms with Crippen molar-refractivity contribution in [1.29, 1.82) is 0 Å². The average Bonchev–Trinajstić information content (AvgIpc) is 2.62. The van der Waals surface area contributed by atoms with Crippen molar-refractivity contribution in [3.8, 4) is 68.3 Å². The summed E-state index contributed by atoms with van der Waals surface area (Å²) in [7, 11) is 0. The van der Waals surface area contributed by atoms with Gasteiger partial charge in [-0.05, 0) is 185 Å². The SMILES string of the molecule is Cc1ccnc(-n2c3[c-]c(Oc4[c-]c(-n5nc(C)c(-c6c(C)cccc6C)c5C)ccc4)ccc3c3ccccc32)c1.Cc1ccnc(-n2c3ccccc3c3ccc(Oc4cccc(-n5nc(C)c(-c6c(C)cccc6C)c5C)c4)cc32)c1.[Pt+2].[Pt]. The molecule has 14 aromatic rings. The number of fused-ring (bicyclic) bond motifs is 6. The molecule has 0 aliphatic heterocycles. The van der Waals surface area contributed by atoms with Gasteiger partial charge in [-0.15, -0.1) is 35.7 Å². The van der Waals surface area contributed by atoms with E-state index in [2.05, 4.69) is 223 Å². The summed E-state index contributed by atoms with van der Waals surface area (Å²) in [6, 6.07) is 69.2. The van der Waals surface area contributed by atoms with Crippen molar-refractivity contribution in [1.82, 2.24) is 38.7 Å². The zero-order valence-corrected chi connectivity index (χ0v) is 54.0. The van der Waals surface area contributed by atoms with Gasteiger partial charge in [-0.2, -0.15) is 22.3 Å². The second-order valence-corrected chi connectivity index (χ2v) is 21.9. The second-order valence-electron chi connectivity index (χ2n) is 21.9. The molecule has 0 radical (unpaired) electrons. The molecule has 0 saturated carbocycles. The second kappa shape index (κ2) is 24.2. The molecule has 10 nitrogen and oxygen atoms in total. The molecule has 0 aliphatic rings. The zero-order valence-electron chi connectivity index (χ0n) is 49.5. The summed E-state index contributed by atoms with van der Waals surface area (Å²) >= 11 is 0. The predicted molar refractivity (Wildman–Crippen MR) is 340 cm³/mol. The van der Waals surface area contributed by atoms with Gasteiger partial charge in [0.1, 0.15) is 23.1 Å². The minimum Gasteiger partial charge on any atom is -0.509 e. The fourth-order valence-electron chi connectivity index (χ4n) is 12.2. The Labute approximate surface area is 530 Å². The molecule has 14 rings (SSSR count). The number of aryl methyl sites for hydroxylation is 8. The maximum Gasteiger partial charge on any atom is 2.00 e. The predicted octanol–water partition coefficient (Wildman–Crippen LogP) is 18.3. The maximum atomic E-state index is 6.48. The largest absolute Gasteiger partial charge is 2.00 e. The van der Waals surface area contributed by atoms with Crippen molar-refractivity contribution in [2.75, 3.05) is 0 Å². The number of hydrogen-bond donors (Lipinski definition) is 0. The van der Waals surface area contributed by atoms with Crippen LogP contribution in [0.1, 0.15) is 56.2 Å². The van der Waals surface area contributed by atoms with Crippen LogP contribution in [0, 0.1) is 81.4 Å². The first kappa shape index (κ1) is 58.8. The topological polar surface area (TPSA) is 89.7 Å². The Hall–Kier alpha value is -8.94. The molecule has 0 spiro atoms. The van der Waals surface area contributed by atoms with E-state index in [1.807, 2.05) is 76.4 Å². The number of pyridine rings is 2. The number of ether oxygens (including phenoxy) is 2. The summed E-state index contributed by atoms with van der Waals surface area (Å²) in [4.78, 5) is 9.38. The smallest absolute Gasteiger partial charge is 0.509 e. The number of rotatable bonds is 10. The van der Waals surface area contributed by atoms with Gasteiger partial charge >= 0.3 is 21.1 Å². The van der Waals surface area contributed by atoms with Crippen LogP contribution in [0.4, 0.5) is 0 Å². The van der Waals surface area contributed by atoms with E-state index in [1.165, 1.54) is 55.5 Å². The Morgan fingerprint density at radius 3 is 1.51 bits per heavy atom. The van der Waals surface area contributed by atoms with E-state index in [0.717, 1.165) is 101 Å². The molecule has 86 heavy (non-hydrogen) atoms. The van der Waals surface area contributed by atoms with Crippen molar-refractivity contribution in [2.24, 2.45) is 0 Å². The Morgan fingerprint density at radius 2 is 0.884 bits per heavy atom. The summed E-state index contributed by atoms with van der Waals surface area (Å²) in [6.07, 6.45) is 3.71. The van der Waals surface area contributed by atoms with Gasteiger partial charge in [0.25, 0.3) is 0 Å². The van der Waals surface area contributed by atoms with E-state index in [1.54, 1.807) is 0 Å². The van der Waals surface area contributed by atoms with Gasteiger partial charge in [0.15, 0.2) is 0 Å². The van der Waals surface area contributed by atoms with E-state index >= 15 is 0 Å². The number of nitrogens with zero attached hydrogens (tertiary/aromatic N) is 8. The molecule has 0 aliphatic carbocycles. The molecule has 0 atom stereocenters. The van der Waals surface area contributed by atoms with Crippen LogP contribution in [0.25, 0.3) is 88.9 Å². The van der Waals surface area contributed by atoms with Crippen LogP contribution < -0.4 is 9.47 Å². The summed E-state index contributed by atoms with van der Waals surface area (Å²) in [5, 5.41) is 14.5. The van der Waals surface area contributed by atoms with Gasteiger partial charge < -0.3 is 14.0 Å².